The minimum Gasteiger partial charge on any atom is -0.374 e. The first-order chi connectivity index (χ1) is 3.79. The van der Waals surface area contributed by atoms with E-state index >= 15 is 0 Å². The molecule has 0 radical (unpaired) electrons. The van der Waals surface area contributed by atoms with E-state index in [-0.39, 0.29) is 0 Å². The Morgan fingerprint density at radius 1 is 1.75 bits per heavy atom. The average Bonchev–Trinajstić information content (AvgIpc) is 1.64. The zero-order valence-corrected chi connectivity index (χ0v) is 5.48. The Morgan fingerprint density at radius 2 is 2.50 bits per heavy atom. The SMILES string of the molecule is CC1=CCO[C@H](C)C1. The van der Waals surface area contributed by atoms with Crippen LogP contribution in [0.15, 0.2) is 11.6 Å². The summed E-state index contributed by atoms with van der Waals surface area (Å²) in [6, 6.07) is 0. The van der Waals surface area contributed by atoms with Gasteiger partial charge in [-0.25, -0.2) is 0 Å². The van der Waals surface area contributed by atoms with E-state index in [1.54, 1.807) is 0 Å². The lowest BCUT2D eigenvalue weighted by atomic mass is 10.1. The Kier molecular flexibility index (Phi) is 1.69. The highest BCUT2D eigenvalue weighted by atomic mass is 16.5. The van der Waals surface area contributed by atoms with Crippen LogP contribution in [0.2, 0.25) is 0 Å². The van der Waals surface area contributed by atoms with Crippen LogP contribution in [0.3, 0.4) is 0 Å². The summed E-state index contributed by atoms with van der Waals surface area (Å²) in [7, 11) is 0. The van der Waals surface area contributed by atoms with E-state index in [1.807, 2.05) is 0 Å². The van der Waals surface area contributed by atoms with Crippen LogP contribution in [-0.2, 0) is 4.74 Å². The molecule has 0 spiro atoms. The summed E-state index contributed by atoms with van der Waals surface area (Å²) in [4.78, 5) is 0. The molecular formula is C7H12O. The topological polar surface area (TPSA) is 9.23 Å². The molecule has 0 saturated carbocycles. The van der Waals surface area contributed by atoms with Crippen molar-refractivity contribution in [1.29, 1.82) is 0 Å². The first-order valence-electron chi connectivity index (χ1n) is 3.06. The predicted molar refractivity (Wildman–Crippen MR) is 33.8 cm³/mol. The molecule has 0 N–H and O–H groups in total. The Bertz CT molecular complexity index is 105. The Hall–Kier alpha value is -0.300. The highest BCUT2D eigenvalue weighted by Gasteiger charge is 2.05. The van der Waals surface area contributed by atoms with Crippen molar-refractivity contribution >= 4 is 0 Å². The van der Waals surface area contributed by atoms with E-state index in [9.17, 15) is 0 Å². The van der Waals surface area contributed by atoms with Crippen LogP contribution in [0, 0.1) is 0 Å². The van der Waals surface area contributed by atoms with Crippen molar-refractivity contribution in [3.05, 3.63) is 11.6 Å². The van der Waals surface area contributed by atoms with Crippen molar-refractivity contribution in [3.63, 3.8) is 0 Å². The molecule has 0 aliphatic carbocycles. The number of hydrogen-bond acceptors (Lipinski definition) is 1. The summed E-state index contributed by atoms with van der Waals surface area (Å²) in [5.74, 6) is 0. The predicted octanol–water partition coefficient (Wildman–Crippen LogP) is 1.74. The largest absolute Gasteiger partial charge is 0.374 e. The van der Waals surface area contributed by atoms with Gasteiger partial charge >= 0.3 is 0 Å². The molecule has 0 amide bonds. The van der Waals surface area contributed by atoms with Crippen molar-refractivity contribution in [2.24, 2.45) is 0 Å². The van der Waals surface area contributed by atoms with E-state index in [2.05, 4.69) is 19.9 Å². The number of rotatable bonds is 0. The van der Waals surface area contributed by atoms with E-state index < -0.39 is 0 Å². The molecule has 1 aliphatic rings. The molecular weight excluding hydrogens is 100 g/mol. The second-order valence-corrected chi connectivity index (χ2v) is 2.40. The third-order valence-electron chi connectivity index (χ3n) is 1.42. The maximum absolute atomic E-state index is 5.27. The zero-order valence-electron chi connectivity index (χ0n) is 5.48. The van der Waals surface area contributed by atoms with Crippen LogP contribution in [-0.4, -0.2) is 12.7 Å². The second kappa shape index (κ2) is 2.31. The second-order valence-electron chi connectivity index (χ2n) is 2.40. The first-order valence-corrected chi connectivity index (χ1v) is 3.06. The summed E-state index contributed by atoms with van der Waals surface area (Å²) in [6.07, 6.45) is 3.69. The Balaban J connectivity index is 2.45. The molecule has 1 nitrogen and oxygen atoms in total. The molecule has 0 bridgehead atoms. The summed E-state index contributed by atoms with van der Waals surface area (Å²) >= 11 is 0. The van der Waals surface area contributed by atoms with Crippen LogP contribution < -0.4 is 0 Å². The van der Waals surface area contributed by atoms with Gasteiger partial charge in [0.25, 0.3) is 0 Å². The molecule has 1 rings (SSSR count). The quantitative estimate of drug-likeness (QED) is 0.434. The zero-order chi connectivity index (χ0) is 5.98. The van der Waals surface area contributed by atoms with E-state index in [1.165, 1.54) is 5.57 Å². The summed E-state index contributed by atoms with van der Waals surface area (Å²) in [5.41, 5.74) is 1.46. The third kappa shape index (κ3) is 1.34. The fourth-order valence-corrected chi connectivity index (χ4v) is 0.950. The maximum atomic E-state index is 5.27. The van der Waals surface area contributed by atoms with Gasteiger partial charge in [-0.1, -0.05) is 11.6 Å². The molecule has 46 valence electrons. The van der Waals surface area contributed by atoms with Gasteiger partial charge in [-0.3, -0.25) is 0 Å². The molecule has 1 heteroatoms. The molecule has 0 aromatic heterocycles. The monoisotopic (exact) mass is 112 g/mol. The van der Waals surface area contributed by atoms with Crippen molar-refractivity contribution < 1.29 is 4.74 Å². The molecule has 1 atom stereocenters. The molecule has 0 aromatic rings. The van der Waals surface area contributed by atoms with Gasteiger partial charge in [0, 0.05) is 0 Å². The Morgan fingerprint density at radius 3 is 2.88 bits per heavy atom. The van der Waals surface area contributed by atoms with Crippen LogP contribution in [0.1, 0.15) is 20.3 Å². The summed E-state index contributed by atoms with van der Waals surface area (Å²) in [5, 5.41) is 0. The lowest BCUT2D eigenvalue weighted by Crippen LogP contribution is -2.13. The van der Waals surface area contributed by atoms with Crippen LogP contribution >= 0.6 is 0 Å². The van der Waals surface area contributed by atoms with Gasteiger partial charge in [-0.05, 0) is 20.3 Å². The summed E-state index contributed by atoms with van der Waals surface area (Å²) in [6.45, 7) is 5.07. The molecule has 0 saturated heterocycles. The van der Waals surface area contributed by atoms with Crippen LogP contribution in [0.25, 0.3) is 0 Å². The molecule has 1 heterocycles. The van der Waals surface area contributed by atoms with Crippen LogP contribution in [0.4, 0.5) is 0 Å². The molecule has 0 aromatic carbocycles. The minimum absolute atomic E-state index is 0.444. The fraction of sp³-hybridized carbons (Fsp3) is 0.714. The average molecular weight is 112 g/mol. The standard InChI is InChI=1S/C7H12O/c1-6-3-4-8-7(2)5-6/h3,7H,4-5H2,1-2H3/t7-/m1/s1. The lowest BCUT2D eigenvalue weighted by Gasteiger charge is -2.16. The van der Waals surface area contributed by atoms with E-state index in [4.69, 9.17) is 4.74 Å². The molecule has 0 fully saturated rings. The van der Waals surface area contributed by atoms with E-state index in [0.717, 1.165) is 13.0 Å². The number of ether oxygens (including phenoxy) is 1. The van der Waals surface area contributed by atoms with Crippen molar-refractivity contribution in [2.45, 2.75) is 26.4 Å². The minimum atomic E-state index is 0.444. The lowest BCUT2D eigenvalue weighted by molar-refractivity contribution is 0.0784. The molecule has 1 aliphatic heterocycles. The highest BCUT2D eigenvalue weighted by molar-refractivity contribution is 5.02. The van der Waals surface area contributed by atoms with Gasteiger partial charge in [0.2, 0.25) is 0 Å². The van der Waals surface area contributed by atoms with E-state index in [0.29, 0.717) is 6.10 Å². The van der Waals surface area contributed by atoms with Gasteiger partial charge < -0.3 is 4.74 Å². The Labute approximate surface area is 50.3 Å². The normalized spacial score (nSPS) is 29.8. The van der Waals surface area contributed by atoms with Gasteiger partial charge in [-0.2, -0.15) is 0 Å². The van der Waals surface area contributed by atoms with Gasteiger partial charge in [0.05, 0.1) is 12.7 Å². The highest BCUT2D eigenvalue weighted by Crippen LogP contribution is 2.11. The molecule has 0 unspecified atom stereocenters. The van der Waals surface area contributed by atoms with Crippen molar-refractivity contribution in [3.8, 4) is 0 Å². The maximum Gasteiger partial charge on any atom is 0.0653 e. The van der Waals surface area contributed by atoms with Gasteiger partial charge in [0.1, 0.15) is 0 Å². The molecule has 8 heavy (non-hydrogen) atoms. The third-order valence-corrected chi connectivity index (χ3v) is 1.42. The first kappa shape index (κ1) is 5.83. The van der Waals surface area contributed by atoms with Gasteiger partial charge in [0.15, 0.2) is 0 Å². The fourth-order valence-electron chi connectivity index (χ4n) is 0.950. The summed E-state index contributed by atoms with van der Waals surface area (Å²) < 4.78 is 5.27. The van der Waals surface area contributed by atoms with Crippen molar-refractivity contribution in [2.75, 3.05) is 6.61 Å². The smallest absolute Gasteiger partial charge is 0.0653 e. The van der Waals surface area contributed by atoms with Crippen molar-refractivity contribution in [1.82, 2.24) is 0 Å². The van der Waals surface area contributed by atoms with Crippen LogP contribution in [0.5, 0.6) is 0 Å². The van der Waals surface area contributed by atoms with Gasteiger partial charge in [-0.15, -0.1) is 0 Å². The number of hydrogen-bond donors (Lipinski definition) is 0.